The standard InChI is InChI=1S/C6H9O9P.Al/c7-1-2(8)4-3(9)5(6(10)14-4)15-16(11,12)13;/h2,4,7-9H,1H2,(H2,11,12,13);/q;+3/p-3/t2-,4+;/m0./s1. The van der Waals surface area contributed by atoms with Crippen molar-refractivity contribution in [2.24, 2.45) is 0 Å². The zero-order valence-electron chi connectivity index (χ0n) is 8.14. The fraction of sp³-hybridized carbons (Fsp3) is 0.500. The Morgan fingerprint density at radius 1 is 1.47 bits per heavy atom. The van der Waals surface area contributed by atoms with Gasteiger partial charge in [-0.1, -0.05) is 0 Å². The zero-order chi connectivity index (χ0) is 12.2. The van der Waals surface area contributed by atoms with Crippen molar-refractivity contribution >= 4 is 28.9 Å². The minimum Gasteiger partial charge on any atom is -0.596 e. The van der Waals surface area contributed by atoms with E-state index in [9.17, 15) is 14.5 Å². The molecule has 0 unspecified atom stereocenters. The number of phosphoric acid groups is 1. The summed E-state index contributed by atoms with van der Waals surface area (Å²) in [6.07, 6.45) is -2.56. The molecule has 0 aromatic rings. The van der Waals surface area contributed by atoms with Crippen molar-refractivity contribution in [1.82, 2.24) is 0 Å². The summed E-state index contributed by atoms with van der Waals surface area (Å²) in [4.78, 5) is 11.4. The van der Waals surface area contributed by atoms with Gasteiger partial charge in [0, 0.05) is 0 Å². The van der Waals surface area contributed by atoms with E-state index in [0.29, 0.717) is 0 Å². The van der Waals surface area contributed by atoms with E-state index in [0.717, 1.165) is 0 Å². The molecule has 0 aromatic heterocycles. The molecule has 92 valence electrons. The van der Waals surface area contributed by atoms with Gasteiger partial charge in [-0.3, -0.25) is 0 Å². The Labute approximate surface area is 99.5 Å². The van der Waals surface area contributed by atoms with Crippen LogP contribution in [0.5, 0.6) is 0 Å². The number of esters is 1. The minimum absolute atomic E-state index is 0.136. The summed E-state index contributed by atoms with van der Waals surface area (Å²) in [6.45, 7) is -0.635. The van der Waals surface area contributed by atoms with Crippen LogP contribution < -0.4 is 0 Å². The number of hydrogen-bond acceptors (Lipinski definition) is 9. The number of ether oxygens (including phenoxy) is 1. The monoisotopic (exact) mass is 280 g/mol. The highest BCUT2D eigenvalue weighted by Crippen LogP contribution is 2.63. The van der Waals surface area contributed by atoms with Crippen LogP contribution in [0.1, 0.15) is 0 Å². The number of rotatable bonds is 2. The fourth-order valence-electron chi connectivity index (χ4n) is 1.52. The first-order valence-corrected chi connectivity index (χ1v) is 7.47. The molecule has 0 amide bonds. The van der Waals surface area contributed by atoms with Gasteiger partial charge in [0.2, 0.25) is 0 Å². The smallest absolute Gasteiger partial charge is 0.596 e. The predicted molar refractivity (Wildman–Crippen MR) is 47.7 cm³/mol. The normalized spacial score (nSPS) is 30.6. The van der Waals surface area contributed by atoms with Gasteiger partial charge < -0.3 is 30.4 Å². The van der Waals surface area contributed by atoms with E-state index < -0.39 is 53.5 Å². The van der Waals surface area contributed by atoms with E-state index in [1.807, 2.05) is 0 Å². The van der Waals surface area contributed by atoms with Gasteiger partial charge >= 0.3 is 28.9 Å². The molecule has 1 fully saturated rings. The maximum atomic E-state index is 11.5. The van der Waals surface area contributed by atoms with Gasteiger partial charge in [0.25, 0.3) is 5.76 Å². The van der Waals surface area contributed by atoms with Gasteiger partial charge in [-0.2, -0.15) is 0 Å². The maximum absolute atomic E-state index is 11.5. The van der Waals surface area contributed by atoms with Crippen LogP contribution in [-0.2, 0) is 29.6 Å². The van der Waals surface area contributed by atoms with E-state index in [-0.39, 0.29) is 5.76 Å². The lowest BCUT2D eigenvalue weighted by atomic mass is 10.2. The Hall–Kier alpha value is -0.588. The molecule has 17 heavy (non-hydrogen) atoms. The molecule has 4 heterocycles. The highest BCUT2D eigenvalue weighted by atomic mass is 31.2. The van der Waals surface area contributed by atoms with Gasteiger partial charge in [0.1, 0.15) is 6.10 Å². The largest absolute Gasteiger partial charge is 1.02 e. The number of hydrogen-bond donors (Lipinski definition) is 2. The van der Waals surface area contributed by atoms with Crippen molar-refractivity contribution in [3.63, 3.8) is 0 Å². The van der Waals surface area contributed by atoms with Gasteiger partial charge in [-0.15, -0.1) is 0 Å². The first-order valence-electron chi connectivity index (χ1n) is 4.59. The third-order valence-electron chi connectivity index (χ3n) is 2.29. The lowest BCUT2D eigenvalue weighted by Gasteiger charge is -2.27. The summed E-state index contributed by atoms with van der Waals surface area (Å²) < 4.78 is 35.7. The van der Waals surface area contributed by atoms with Crippen LogP contribution in [0.4, 0.5) is 0 Å². The fourth-order valence-corrected chi connectivity index (χ4v) is 4.80. The summed E-state index contributed by atoms with van der Waals surface area (Å²) in [5.74, 6) is -1.51. The first-order chi connectivity index (χ1) is 8.02. The molecular weight excluding hydrogens is 274 g/mol. The summed E-state index contributed by atoms with van der Waals surface area (Å²) in [6, 6.07) is 0. The number of carbonyl (C=O) groups is 1. The average molecular weight is 280 g/mol. The summed E-state index contributed by atoms with van der Waals surface area (Å²) in [7, 11) is -3.73. The highest BCUT2D eigenvalue weighted by Gasteiger charge is 2.66. The third-order valence-corrected chi connectivity index (χ3v) is 6.59. The Balaban J connectivity index is 1.95. The number of aliphatic hydroxyl groups excluding tert-OH is 2. The zero-order valence-corrected chi connectivity index (χ0v) is 10.2. The summed E-state index contributed by atoms with van der Waals surface area (Å²) >= 11 is -2.63. The molecule has 0 saturated carbocycles. The molecule has 1 saturated heterocycles. The van der Waals surface area contributed by atoms with Crippen LogP contribution in [0.25, 0.3) is 0 Å². The molecule has 4 aliphatic rings. The second-order valence-corrected chi connectivity index (χ2v) is 7.00. The third kappa shape index (κ3) is 1.70. The minimum atomic E-state index is -3.73. The van der Waals surface area contributed by atoms with Crippen molar-refractivity contribution in [1.29, 1.82) is 0 Å². The Morgan fingerprint density at radius 2 is 2.18 bits per heavy atom. The van der Waals surface area contributed by atoms with Crippen molar-refractivity contribution in [2.75, 3.05) is 6.61 Å². The quantitative estimate of drug-likeness (QED) is 0.359. The first kappa shape index (κ1) is 11.5. The van der Waals surface area contributed by atoms with Gasteiger partial charge in [-0.25, -0.2) is 9.36 Å². The molecule has 11 heteroatoms. The van der Waals surface area contributed by atoms with E-state index in [2.05, 4.69) is 0 Å². The number of carbonyl (C=O) groups excluding carboxylic acids is 1. The lowest BCUT2D eigenvalue weighted by Crippen LogP contribution is -2.38. The molecular formula is C6H6AlO9P. The van der Waals surface area contributed by atoms with Crippen LogP contribution in [0.3, 0.4) is 0 Å². The van der Waals surface area contributed by atoms with Gasteiger partial charge in [0.15, 0.2) is 11.9 Å². The Morgan fingerprint density at radius 3 is 2.82 bits per heavy atom. The highest BCUT2D eigenvalue weighted by molar-refractivity contribution is 7.54. The molecule has 0 spiro atoms. The SMILES string of the molecule is O=C1O[C@H]([C@@H](O)CO)C2=C1OP1(=O)[O][Al]([O]2)[O]1. The molecule has 0 aliphatic carbocycles. The van der Waals surface area contributed by atoms with E-state index in [1.54, 1.807) is 0 Å². The van der Waals surface area contributed by atoms with Crippen LogP contribution in [-0.4, -0.2) is 50.1 Å². The van der Waals surface area contributed by atoms with Crippen LogP contribution in [0, 0.1) is 0 Å². The predicted octanol–water partition coefficient (Wildman–Crippen LogP) is -1.34. The molecule has 0 aromatic carbocycles. The number of cyclic esters (lactones) is 1. The van der Waals surface area contributed by atoms with Gasteiger partial charge in [0.05, 0.1) is 6.61 Å². The van der Waals surface area contributed by atoms with Gasteiger partial charge in [-0.05, 0) is 0 Å². The van der Waals surface area contributed by atoms with Crippen molar-refractivity contribution in [3.8, 4) is 0 Å². The summed E-state index contributed by atoms with van der Waals surface area (Å²) in [5, 5.41) is 18.2. The number of aliphatic hydroxyl groups is 2. The Kier molecular flexibility index (Phi) is 2.50. The molecule has 4 aliphatic heterocycles. The van der Waals surface area contributed by atoms with Crippen molar-refractivity contribution in [3.05, 3.63) is 11.5 Å². The lowest BCUT2D eigenvalue weighted by molar-refractivity contribution is -0.148. The van der Waals surface area contributed by atoms with Crippen molar-refractivity contribution < 1.29 is 39.8 Å². The molecule has 2 N–H and O–H groups in total. The van der Waals surface area contributed by atoms with Crippen molar-refractivity contribution in [2.45, 2.75) is 12.2 Å². The summed E-state index contributed by atoms with van der Waals surface area (Å²) in [5.41, 5.74) is 0. The van der Waals surface area contributed by atoms with E-state index in [1.165, 1.54) is 0 Å². The Bertz CT molecular complexity index is 450. The van der Waals surface area contributed by atoms with Crippen LogP contribution in [0.15, 0.2) is 11.5 Å². The molecule has 2 bridgehead atoms. The van der Waals surface area contributed by atoms with Crippen LogP contribution in [0.2, 0.25) is 0 Å². The van der Waals surface area contributed by atoms with E-state index >= 15 is 0 Å². The second kappa shape index (κ2) is 3.70. The van der Waals surface area contributed by atoms with Crippen LogP contribution >= 0.6 is 7.82 Å². The molecule has 2 atom stereocenters. The average Bonchev–Trinajstić information content (AvgIpc) is 2.43. The molecule has 0 radical (unpaired) electrons. The molecule has 9 nitrogen and oxygen atoms in total. The van der Waals surface area contributed by atoms with E-state index in [4.69, 9.17) is 25.3 Å². The maximum Gasteiger partial charge on any atom is 1.02 e. The molecule has 4 rings (SSSR count). The second-order valence-electron chi connectivity index (χ2n) is 3.43. The topological polar surface area (TPSA) is 121 Å².